The fourth-order valence-electron chi connectivity index (χ4n) is 3.86. The lowest BCUT2D eigenvalue weighted by atomic mass is 10.1. The molecule has 2 aromatic carbocycles. The van der Waals surface area contributed by atoms with Crippen LogP contribution in [-0.2, 0) is 20.7 Å². The molecule has 188 valence electrons. The molecular weight excluding hydrogens is 470 g/mol. The van der Waals surface area contributed by atoms with Crippen molar-refractivity contribution < 1.29 is 23.9 Å². The fourth-order valence-corrected chi connectivity index (χ4v) is 4.03. The van der Waals surface area contributed by atoms with Crippen LogP contribution in [0.3, 0.4) is 0 Å². The molecule has 0 bridgehead atoms. The first-order valence-corrected chi connectivity index (χ1v) is 12.1. The second kappa shape index (κ2) is 13.7. The first-order chi connectivity index (χ1) is 17.0. The van der Waals surface area contributed by atoms with Gasteiger partial charge in [0.15, 0.2) is 0 Å². The molecule has 0 fully saturated rings. The number of carbonyl (C=O) groups excluding carboxylic acids is 3. The van der Waals surface area contributed by atoms with Gasteiger partial charge in [0.05, 0.1) is 31.2 Å². The summed E-state index contributed by atoms with van der Waals surface area (Å²) in [4.78, 5) is 40.0. The van der Waals surface area contributed by atoms with Gasteiger partial charge in [-0.2, -0.15) is 0 Å². The third-order valence-corrected chi connectivity index (χ3v) is 5.90. The van der Waals surface area contributed by atoms with E-state index in [4.69, 9.17) is 21.1 Å². The maximum absolute atomic E-state index is 13.0. The van der Waals surface area contributed by atoms with E-state index in [0.29, 0.717) is 48.7 Å². The highest BCUT2D eigenvalue weighted by molar-refractivity contribution is 6.31. The maximum atomic E-state index is 13.0. The summed E-state index contributed by atoms with van der Waals surface area (Å²) >= 11 is 6.13. The molecule has 0 aromatic heterocycles. The van der Waals surface area contributed by atoms with Gasteiger partial charge in [0.2, 0.25) is 11.8 Å². The van der Waals surface area contributed by atoms with Crippen LogP contribution in [0.15, 0.2) is 48.5 Å². The number of methoxy groups -OCH3 is 1. The molecule has 0 unspecified atom stereocenters. The van der Waals surface area contributed by atoms with Crippen molar-refractivity contribution >= 4 is 29.3 Å². The van der Waals surface area contributed by atoms with Crippen molar-refractivity contribution in [1.82, 2.24) is 15.5 Å². The number of fused-ring (bicyclic) bond motifs is 1. The van der Waals surface area contributed by atoms with Gasteiger partial charge in [0.25, 0.3) is 5.91 Å². The summed E-state index contributed by atoms with van der Waals surface area (Å²) in [6.07, 6.45) is 2.01. The predicted octanol–water partition coefficient (Wildman–Crippen LogP) is 2.84. The van der Waals surface area contributed by atoms with Gasteiger partial charge in [-0.15, -0.1) is 0 Å². The zero-order valence-corrected chi connectivity index (χ0v) is 20.7. The lowest BCUT2D eigenvalue weighted by Gasteiger charge is -2.25. The highest BCUT2D eigenvalue weighted by Gasteiger charge is 2.22. The van der Waals surface area contributed by atoms with Gasteiger partial charge in [-0.05, 0) is 43.0 Å². The number of benzene rings is 2. The van der Waals surface area contributed by atoms with Crippen LogP contribution < -0.4 is 15.4 Å². The van der Waals surface area contributed by atoms with Crippen LogP contribution in [0.2, 0.25) is 5.02 Å². The summed E-state index contributed by atoms with van der Waals surface area (Å²) in [5.41, 5.74) is 1.37. The number of rotatable bonds is 5. The van der Waals surface area contributed by atoms with E-state index >= 15 is 0 Å². The molecule has 2 aromatic rings. The molecule has 8 nitrogen and oxygen atoms in total. The van der Waals surface area contributed by atoms with Crippen molar-refractivity contribution in [2.75, 3.05) is 40.0 Å². The van der Waals surface area contributed by atoms with Crippen LogP contribution in [0.5, 0.6) is 5.75 Å². The minimum atomic E-state index is -0.377. The van der Waals surface area contributed by atoms with Crippen molar-refractivity contribution in [2.24, 2.45) is 0 Å². The minimum Gasteiger partial charge on any atom is -0.491 e. The first-order valence-electron chi connectivity index (χ1n) is 11.8. The zero-order valence-electron chi connectivity index (χ0n) is 19.9. The summed E-state index contributed by atoms with van der Waals surface area (Å²) in [6.45, 7) is 1.21. The van der Waals surface area contributed by atoms with E-state index < -0.39 is 0 Å². The summed E-state index contributed by atoms with van der Waals surface area (Å²) in [6, 6.07) is 14.3. The molecule has 0 radical (unpaired) electrons. The molecule has 1 aliphatic rings. The van der Waals surface area contributed by atoms with Crippen molar-refractivity contribution in [3.8, 4) is 5.75 Å². The summed E-state index contributed by atoms with van der Waals surface area (Å²) in [5, 5.41) is 6.33. The number of nitrogens with one attached hydrogen (secondary N) is 2. The van der Waals surface area contributed by atoms with Crippen LogP contribution >= 0.6 is 11.6 Å². The van der Waals surface area contributed by atoms with E-state index in [9.17, 15) is 14.4 Å². The van der Waals surface area contributed by atoms with Crippen LogP contribution in [0.25, 0.3) is 0 Å². The van der Waals surface area contributed by atoms with Gasteiger partial charge in [-0.1, -0.05) is 41.9 Å². The maximum Gasteiger partial charge on any atom is 0.255 e. The third kappa shape index (κ3) is 8.56. The van der Waals surface area contributed by atoms with Gasteiger partial charge in [0, 0.05) is 25.2 Å². The highest BCUT2D eigenvalue weighted by atomic mass is 35.5. The Morgan fingerprint density at radius 1 is 1.17 bits per heavy atom. The molecule has 35 heavy (non-hydrogen) atoms. The average molecular weight is 502 g/mol. The van der Waals surface area contributed by atoms with Crippen molar-refractivity contribution in [2.45, 2.75) is 31.7 Å². The Morgan fingerprint density at radius 2 is 1.97 bits per heavy atom. The number of hydrogen-bond donors (Lipinski definition) is 2. The first kappa shape index (κ1) is 26.5. The topological polar surface area (TPSA) is 97.0 Å². The minimum absolute atomic E-state index is 0.0492. The normalized spacial score (nSPS) is 17.8. The Balaban J connectivity index is 1.82. The second-order valence-corrected chi connectivity index (χ2v) is 8.86. The molecule has 0 aliphatic carbocycles. The quantitative estimate of drug-likeness (QED) is 0.656. The van der Waals surface area contributed by atoms with Crippen molar-refractivity contribution in [1.29, 1.82) is 0 Å². The molecule has 1 heterocycles. The lowest BCUT2D eigenvalue weighted by molar-refractivity contribution is -0.137. The number of amides is 3. The molecule has 0 saturated carbocycles. The largest absolute Gasteiger partial charge is 0.491 e. The van der Waals surface area contributed by atoms with Gasteiger partial charge >= 0.3 is 0 Å². The van der Waals surface area contributed by atoms with Crippen LogP contribution in [0, 0.1) is 0 Å². The standard InChI is InChI=1S/C26H32ClN3O5/c1-34-14-11-25(32)30-13-6-5-12-28-26(33)22-16-20(27)9-10-23(22)35-18-21(29-24(31)17-30)15-19-7-3-2-4-8-19/h2-4,7-10,16,21H,5-6,11-15,17-18H2,1H3,(H,28,33)(H,29,31)/t21-/m1/s1. The van der Waals surface area contributed by atoms with E-state index in [1.54, 1.807) is 23.1 Å². The van der Waals surface area contributed by atoms with Crippen LogP contribution in [0.4, 0.5) is 0 Å². The third-order valence-electron chi connectivity index (χ3n) is 5.66. The van der Waals surface area contributed by atoms with Gasteiger partial charge in [0.1, 0.15) is 12.4 Å². The molecule has 0 saturated heterocycles. The Bertz CT molecular complexity index is 1000. The molecule has 3 amide bonds. The predicted molar refractivity (Wildman–Crippen MR) is 134 cm³/mol. The molecule has 2 N–H and O–H groups in total. The molecule has 0 spiro atoms. The fraction of sp³-hybridized carbons (Fsp3) is 0.423. The SMILES string of the molecule is COCCC(=O)N1CCCCNC(=O)c2cc(Cl)ccc2OC[C@@H](Cc2ccccc2)NC(=O)C1. The molecular formula is C26H32ClN3O5. The van der Waals surface area contributed by atoms with Gasteiger partial charge in [-0.3, -0.25) is 14.4 Å². The van der Waals surface area contributed by atoms with E-state index in [0.717, 1.165) is 5.56 Å². The molecule has 9 heteroatoms. The van der Waals surface area contributed by atoms with E-state index in [-0.39, 0.29) is 49.9 Å². The Labute approximate surface area is 210 Å². The van der Waals surface area contributed by atoms with Crippen molar-refractivity contribution in [3.63, 3.8) is 0 Å². The number of hydrogen-bond acceptors (Lipinski definition) is 5. The van der Waals surface area contributed by atoms with Gasteiger partial charge < -0.3 is 25.0 Å². The highest BCUT2D eigenvalue weighted by Crippen LogP contribution is 2.23. The van der Waals surface area contributed by atoms with Gasteiger partial charge in [-0.25, -0.2) is 0 Å². The number of halogens is 1. The summed E-state index contributed by atoms with van der Waals surface area (Å²) in [7, 11) is 1.54. The second-order valence-electron chi connectivity index (χ2n) is 8.43. The molecule has 1 atom stereocenters. The smallest absolute Gasteiger partial charge is 0.255 e. The van der Waals surface area contributed by atoms with E-state index in [2.05, 4.69) is 10.6 Å². The summed E-state index contributed by atoms with van der Waals surface area (Å²) in [5.74, 6) is -0.298. The Kier molecular flexibility index (Phi) is 10.4. The molecule has 1 aliphatic heterocycles. The van der Waals surface area contributed by atoms with E-state index in [1.165, 1.54) is 7.11 Å². The number of carbonyl (C=O) groups is 3. The lowest BCUT2D eigenvalue weighted by Crippen LogP contribution is -2.47. The van der Waals surface area contributed by atoms with Crippen LogP contribution in [0.1, 0.15) is 35.2 Å². The van der Waals surface area contributed by atoms with Crippen molar-refractivity contribution in [3.05, 3.63) is 64.7 Å². The Hall–Kier alpha value is -3.10. The number of nitrogens with zero attached hydrogens (tertiary/aromatic N) is 1. The van der Waals surface area contributed by atoms with Crippen LogP contribution in [-0.4, -0.2) is 68.6 Å². The zero-order chi connectivity index (χ0) is 25.0. The van der Waals surface area contributed by atoms with E-state index in [1.807, 2.05) is 30.3 Å². The number of ether oxygens (including phenoxy) is 2. The monoisotopic (exact) mass is 501 g/mol. The Morgan fingerprint density at radius 3 is 2.74 bits per heavy atom. The summed E-state index contributed by atoms with van der Waals surface area (Å²) < 4.78 is 11.0. The molecule has 3 rings (SSSR count). The average Bonchev–Trinajstić information content (AvgIpc) is 2.85.